The summed E-state index contributed by atoms with van der Waals surface area (Å²) in [5.74, 6) is -2.46. The van der Waals surface area contributed by atoms with Gasteiger partial charge in [-0.05, 0) is 94.5 Å². The summed E-state index contributed by atoms with van der Waals surface area (Å²) >= 11 is 6.79. The van der Waals surface area contributed by atoms with Gasteiger partial charge in [-0.2, -0.15) is 15.2 Å². The summed E-state index contributed by atoms with van der Waals surface area (Å²) in [5, 5.41) is 56.2. The van der Waals surface area contributed by atoms with Gasteiger partial charge in [0.1, 0.15) is 18.2 Å². The molecule has 6 atom stereocenters. The Kier molecular flexibility index (Phi) is 24.6. The van der Waals surface area contributed by atoms with Crippen molar-refractivity contribution in [3.05, 3.63) is 59.3 Å². The Morgan fingerprint density at radius 2 is 1.35 bits per heavy atom. The zero-order valence-corrected chi connectivity index (χ0v) is 50.4. The van der Waals surface area contributed by atoms with Crippen LogP contribution in [0.15, 0.2) is 43.0 Å². The quantitative estimate of drug-likeness (QED) is 0.0471. The van der Waals surface area contributed by atoms with Crippen LogP contribution in [0.25, 0.3) is 10.8 Å². The molecule has 22 nitrogen and oxygen atoms in total. The number of phenolic OH excluding ortho intramolecular Hbond substituents is 1. The first-order valence-corrected chi connectivity index (χ1v) is 30.7. The van der Waals surface area contributed by atoms with E-state index in [2.05, 4.69) is 37.6 Å². The fourth-order valence-corrected chi connectivity index (χ4v) is 13.3. The molecule has 0 radical (unpaired) electrons. The number of anilines is 2. The number of ether oxygens (including phenoxy) is 1. The van der Waals surface area contributed by atoms with Gasteiger partial charge in [0, 0.05) is 106 Å². The van der Waals surface area contributed by atoms with E-state index in [0.717, 1.165) is 85.1 Å². The van der Waals surface area contributed by atoms with Gasteiger partial charge in [0.05, 0.1) is 67.7 Å². The van der Waals surface area contributed by atoms with Crippen molar-refractivity contribution < 1.29 is 49.1 Å². The van der Waals surface area contributed by atoms with Crippen molar-refractivity contribution in [2.75, 3.05) is 115 Å². The summed E-state index contributed by atoms with van der Waals surface area (Å²) in [6.45, 7) is 17.4. The largest absolute Gasteiger partial charge is 0.508 e. The number of benzene rings is 2. The number of likely N-dealkylation sites (tertiary alicyclic amines) is 1. The molecular weight excluding hydrogens is 1100 g/mol. The first-order valence-electron chi connectivity index (χ1n) is 30.3. The maximum atomic E-state index is 13.9. The first-order chi connectivity index (χ1) is 40.5. The topological polar surface area (TPSA) is 263 Å². The van der Waals surface area contributed by atoms with E-state index >= 15 is 0 Å². The van der Waals surface area contributed by atoms with Gasteiger partial charge in [-0.15, -0.1) is 0 Å². The number of phenols is 1. The molecule has 23 heteroatoms. The minimum Gasteiger partial charge on any atom is -0.508 e. The number of fused-ring (bicyclic) bond motifs is 2. The van der Waals surface area contributed by atoms with Gasteiger partial charge >= 0.3 is 23.9 Å². The van der Waals surface area contributed by atoms with E-state index in [0.29, 0.717) is 109 Å². The highest BCUT2D eigenvalue weighted by Gasteiger charge is 2.37. The highest BCUT2D eigenvalue weighted by Crippen LogP contribution is 2.40. The maximum Gasteiger partial charge on any atom is 0.318 e. The minimum absolute atomic E-state index is 0.0640. The predicted octanol–water partition coefficient (Wildman–Crippen LogP) is 5.78. The van der Waals surface area contributed by atoms with Crippen molar-refractivity contribution in [1.29, 1.82) is 5.26 Å². The Morgan fingerprint density at radius 3 is 1.93 bits per heavy atom. The Hall–Kier alpha value is -6.35. The molecule has 3 aromatic rings. The molecule has 0 spiro atoms. The van der Waals surface area contributed by atoms with E-state index in [1.807, 2.05) is 60.6 Å². The number of carbonyl (C=O) groups is 5. The maximum absolute atomic E-state index is 13.9. The monoisotopic (exact) mass is 1180 g/mol. The van der Waals surface area contributed by atoms with Gasteiger partial charge < -0.3 is 45.2 Å². The minimum atomic E-state index is -1.00. The molecule has 84 heavy (non-hydrogen) atoms. The van der Waals surface area contributed by atoms with Gasteiger partial charge in [0.15, 0.2) is 0 Å². The second-order valence-electron chi connectivity index (χ2n) is 23.0. The van der Waals surface area contributed by atoms with E-state index in [1.54, 1.807) is 17.0 Å². The van der Waals surface area contributed by atoms with Crippen LogP contribution in [-0.4, -0.2) is 231 Å². The number of carbonyl (C=O) groups excluding carboxylic acids is 2. The third-order valence-electron chi connectivity index (χ3n) is 17.5. The number of hydrogen-bond donors (Lipinski definition) is 5. The van der Waals surface area contributed by atoms with Crippen LogP contribution in [0.4, 0.5) is 11.5 Å². The summed E-state index contributed by atoms with van der Waals surface area (Å²) in [5.41, 5.74) is 2.59. The number of nitriles is 1. The summed E-state index contributed by atoms with van der Waals surface area (Å²) in [6, 6.07) is 10.3. The zero-order valence-electron chi connectivity index (χ0n) is 49.7. The van der Waals surface area contributed by atoms with Crippen molar-refractivity contribution in [3.8, 4) is 17.8 Å². The highest BCUT2D eigenvalue weighted by atomic mass is 35.5. The van der Waals surface area contributed by atoms with Crippen molar-refractivity contribution in [1.82, 2.24) is 44.7 Å². The fraction of sp³-hybridized carbons (Fsp3) is 0.639. The molecule has 5 heterocycles. The van der Waals surface area contributed by atoms with Crippen LogP contribution in [0.1, 0.15) is 110 Å². The Labute approximate surface area is 499 Å². The van der Waals surface area contributed by atoms with Gasteiger partial charge in [-0.25, -0.2) is 0 Å². The fourth-order valence-electron chi connectivity index (χ4n) is 13.0. The van der Waals surface area contributed by atoms with Crippen molar-refractivity contribution in [2.45, 2.75) is 148 Å². The Morgan fingerprint density at radius 1 is 0.738 bits per heavy atom. The van der Waals surface area contributed by atoms with Crippen molar-refractivity contribution in [3.63, 3.8) is 0 Å². The lowest BCUT2D eigenvalue weighted by Crippen LogP contribution is -2.60. The third kappa shape index (κ3) is 17.4. The van der Waals surface area contributed by atoms with E-state index in [9.17, 15) is 49.7 Å². The zero-order chi connectivity index (χ0) is 60.5. The molecular formula is C61H89ClN12O10. The average Bonchev–Trinajstić information content (AvgIpc) is 2.72. The molecule has 0 saturated carbocycles. The first kappa shape index (κ1) is 65.2. The van der Waals surface area contributed by atoms with Crippen molar-refractivity contribution >= 4 is 63.6 Å². The molecule has 4 aliphatic rings. The standard InChI is InChI=1S/C61H89ClN12O10/c1-6-43-32-71(38-56(78)79)45(8-3)34-73(40-58(82)83)46(9-4)33-72(39-57(80)81)44(7-2)31-70(43)37-54(76)64-23-13-11-12-14-24-67-25-16-18-48(67)41-84-61-65-52-36-68(53-30-49(75)29-42-17-15-19-51(62)59(42)53)26-21-50(52)60(66-61)69-27-28-74(55(77)10-5)47(35-69)20-22-63/h10,15,17,19,29-30,43-48,75H,5-9,11-14,16,18,20-21,23-28,31-41H2,1-4H3,(H,64,76)(H,78,79)(H,80,81)(H,82,83)/t43-,44-,45-,46?,47-,48-/m0/s1. The molecule has 460 valence electrons. The Balaban J connectivity index is 0.965. The SMILES string of the molecule is C=CC(=O)N1CCN(c2nc(OC[C@@H]3CCCN3CCCCCCNC(=O)CN3C[C@H](CC)N(CC(=O)O)CC(CC)N(CC(=O)O)C[C@H](CC)N(CC(=O)O)C[C@@H]3CC)nc3c2CCN(c2cc(O)cc4cccc(Cl)c24)C3)C[C@@H]1CC#N. The number of carboxylic acids is 3. The number of aliphatic carboxylic acids is 3. The van der Waals surface area contributed by atoms with Crippen LogP contribution >= 0.6 is 11.6 Å². The molecule has 3 saturated heterocycles. The number of nitrogens with one attached hydrogen (secondary N) is 1. The van der Waals surface area contributed by atoms with Crippen LogP contribution in [-0.2, 0) is 36.9 Å². The molecule has 3 fully saturated rings. The highest BCUT2D eigenvalue weighted by molar-refractivity contribution is 6.36. The summed E-state index contributed by atoms with van der Waals surface area (Å²) < 4.78 is 6.58. The summed E-state index contributed by atoms with van der Waals surface area (Å²) in [6.07, 6.45) is 10.0. The predicted molar refractivity (Wildman–Crippen MR) is 323 cm³/mol. The van der Waals surface area contributed by atoms with Gasteiger partial charge in [-0.3, -0.25) is 48.5 Å². The van der Waals surface area contributed by atoms with Crippen LogP contribution in [0.5, 0.6) is 11.8 Å². The second kappa shape index (κ2) is 31.7. The molecule has 7 rings (SSSR count). The average molecular weight is 1190 g/mol. The molecule has 1 unspecified atom stereocenters. The molecule has 0 aliphatic carbocycles. The van der Waals surface area contributed by atoms with Crippen LogP contribution in [0, 0.1) is 11.3 Å². The molecule has 4 aliphatic heterocycles. The molecule has 2 aromatic carbocycles. The van der Waals surface area contributed by atoms with Crippen LogP contribution in [0.3, 0.4) is 0 Å². The van der Waals surface area contributed by atoms with Gasteiger partial charge in [0.25, 0.3) is 0 Å². The lowest BCUT2D eigenvalue weighted by atomic mass is 10.0. The summed E-state index contributed by atoms with van der Waals surface area (Å²) in [4.78, 5) is 90.0. The number of hydrogen-bond acceptors (Lipinski definition) is 17. The number of piperazine rings is 1. The molecule has 1 aromatic heterocycles. The molecule has 2 amide bonds. The number of rotatable bonds is 26. The number of carboxylic acid groups (broad SMARTS) is 3. The number of halogens is 1. The normalized spacial score (nSPS) is 22.6. The molecule has 0 bridgehead atoms. The van der Waals surface area contributed by atoms with Gasteiger partial charge in [0.2, 0.25) is 11.8 Å². The molecule has 5 N–H and O–H groups in total. The van der Waals surface area contributed by atoms with Crippen LogP contribution in [0.2, 0.25) is 5.02 Å². The van der Waals surface area contributed by atoms with E-state index in [1.165, 1.54) is 6.08 Å². The van der Waals surface area contributed by atoms with Crippen molar-refractivity contribution in [2.24, 2.45) is 0 Å². The smallest absolute Gasteiger partial charge is 0.318 e. The summed E-state index contributed by atoms with van der Waals surface area (Å²) in [7, 11) is 0. The number of amides is 2. The lowest BCUT2D eigenvalue weighted by Gasteiger charge is -2.45. The second-order valence-corrected chi connectivity index (χ2v) is 23.4. The van der Waals surface area contributed by atoms with Gasteiger partial charge in [-0.1, -0.05) is 70.8 Å². The number of nitrogens with zero attached hydrogens (tertiary/aromatic N) is 11. The van der Waals surface area contributed by atoms with E-state index < -0.39 is 17.9 Å². The number of unbranched alkanes of at least 4 members (excludes halogenated alkanes) is 3. The lowest BCUT2D eigenvalue weighted by molar-refractivity contribution is -0.143. The van der Waals surface area contributed by atoms with Crippen LogP contribution < -0.4 is 19.9 Å². The Bertz CT molecular complexity index is 2770. The number of aromatic nitrogens is 2. The van der Waals surface area contributed by atoms with E-state index in [4.69, 9.17) is 26.3 Å². The van der Waals surface area contributed by atoms with E-state index in [-0.39, 0.29) is 92.4 Å². The third-order valence-corrected chi connectivity index (χ3v) is 17.8. The number of aromatic hydroxyl groups is 1.